The van der Waals surface area contributed by atoms with Gasteiger partial charge < -0.3 is 4.74 Å². The summed E-state index contributed by atoms with van der Waals surface area (Å²) in [5, 5.41) is 0.970. The van der Waals surface area contributed by atoms with Crippen LogP contribution in [0.1, 0.15) is 11.5 Å². The Morgan fingerprint density at radius 3 is 2.63 bits per heavy atom. The maximum atomic E-state index is 5.20. The zero-order valence-electron chi connectivity index (χ0n) is 11.3. The number of ether oxygens (including phenoxy) is 1. The van der Waals surface area contributed by atoms with Gasteiger partial charge in [-0.1, -0.05) is 0 Å². The molecule has 0 bridgehead atoms. The van der Waals surface area contributed by atoms with E-state index in [2.05, 4.69) is 15.0 Å². The lowest BCUT2D eigenvalue weighted by Gasteiger charge is -2.08. The first-order valence-corrected chi connectivity index (χ1v) is 7.12. The summed E-state index contributed by atoms with van der Waals surface area (Å²) in [6, 6.07) is 3.75. The van der Waals surface area contributed by atoms with E-state index < -0.39 is 0 Å². The third-order valence-corrected chi connectivity index (χ3v) is 3.76. The Labute approximate surface area is 115 Å². The largest absolute Gasteiger partial charge is 0.481 e. The number of methoxy groups -OCH3 is 1. The van der Waals surface area contributed by atoms with Crippen molar-refractivity contribution in [1.82, 2.24) is 19.4 Å². The first kappa shape index (κ1) is 12.2. The lowest BCUT2D eigenvalue weighted by atomic mass is 10.3. The number of aromatic nitrogens is 4. The van der Waals surface area contributed by atoms with Gasteiger partial charge in [0.1, 0.15) is 21.9 Å². The number of thioether (sulfide) groups is 1. The molecule has 0 spiro atoms. The molecule has 3 aromatic rings. The minimum atomic E-state index is 0.582. The third kappa shape index (κ3) is 1.74. The Morgan fingerprint density at radius 2 is 1.95 bits per heavy atom. The van der Waals surface area contributed by atoms with Gasteiger partial charge in [0.2, 0.25) is 5.88 Å². The second kappa shape index (κ2) is 4.38. The molecule has 19 heavy (non-hydrogen) atoms. The molecule has 0 aliphatic heterocycles. The second-order valence-electron chi connectivity index (χ2n) is 4.25. The molecule has 98 valence electrons. The van der Waals surface area contributed by atoms with Gasteiger partial charge in [0, 0.05) is 6.07 Å². The molecule has 6 heteroatoms. The van der Waals surface area contributed by atoms with Crippen LogP contribution in [0.4, 0.5) is 0 Å². The first-order valence-electron chi connectivity index (χ1n) is 5.90. The maximum absolute atomic E-state index is 5.20. The van der Waals surface area contributed by atoms with Crippen molar-refractivity contribution >= 4 is 28.4 Å². The van der Waals surface area contributed by atoms with E-state index in [1.807, 2.05) is 36.6 Å². The van der Waals surface area contributed by atoms with Crippen molar-refractivity contribution in [2.24, 2.45) is 0 Å². The number of rotatable bonds is 2. The molecule has 0 amide bonds. The molecular weight excluding hydrogens is 260 g/mol. The molecule has 3 rings (SSSR count). The van der Waals surface area contributed by atoms with E-state index in [4.69, 9.17) is 4.74 Å². The molecule has 3 aromatic heterocycles. The number of aryl methyl sites for hydroxylation is 2. The van der Waals surface area contributed by atoms with Crippen molar-refractivity contribution in [3.05, 3.63) is 23.7 Å². The van der Waals surface area contributed by atoms with Crippen LogP contribution in [-0.4, -0.2) is 32.7 Å². The molecule has 0 radical (unpaired) electrons. The van der Waals surface area contributed by atoms with Crippen LogP contribution in [-0.2, 0) is 0 Å². The monoisotopic (exact) mass is 274 g/mol. The first-order chi connectivity index (χ1) is 9.15. The van der Waals surface area contributed by atoms with Gasteiger partial charge in [-0.05, 0) is 26.2 Å². The Morgan fingerprint density at radius 1 is 1.16 bits per heavy atom. The van der Waals surface area contributed by atoms with Gasteiger partial charge in [-0.25, -0.2) is 9.97 Å². The number of pyridine rings is 1. The van der Waals surface area contributed by atoms with Crippen LogP contribution in [0.2, 0.25) is 0 Å². The Hall–Kier alpha value is -1.82. The molecule has 0 aliphatic rings. The van der Waals surface area contributed by atoms with Gasteiger partial charge in [-0.3, -0.25) is 4.40 Å². The molecule has 0 N–H and O–H groups in total. The maximum Gasteiger partial charge on any atom is 0.215 e. The minimum absolute atomic E-state index is 0.582. The lowest BCUT2D eigenvalue weighted by molar-refractivity contribution is 0.399. The molecule has 0 saturated heterocycles. The van der Waals surface area contributed by atoms with Crippen molar-refractivity contribution in [2.45, 2.75) is 18.9 Å². The predicted molar refractivity (Wildman–Crippen MR) is 76.1 cm³/mol. The SMILES string of the molecule is COc1ccc2nc(SC)c3c(C)nc(C)n3c2n1. The molecular formula is C13H14N4OS. The van der Waals surface area contributed by atoms with Gasteiger partial charge in [0.25, 0.3) is 0 Å². The summed E-state index contributed by atoms with van der Waals surface area (Å²) in [4.78, 5) is 13.7. The van der Waals surface area contributed by atoms with Crippen LogP contribution < -0.4 is 4.74 Å². The van der Waals surface area contributed by atoms with Crippen molar-refractivity contribution in [3.63, 3.8) is 0 Å². The molecule has 5 nitrogen and oxygen atoms in total. The summed E-state index contributed by atoms with van der Waals surface area (Å²) >= 11 is 1.62. The molecule has 0 atom stereocenters. The molecule has 0 unspecified atom stereocenters. The van der Waals surface area contributed by atoms with E-state index >= 15 is 0 Å². The zero-order valence-corrected chi connectivity index (χ0v) is 12.1. The summed E-state index contributed by atoms with van der Waals surface area (Å²) in [6.45, 7) is 3.97. The van der Waals surface area contributed by atoms with E-state index in [-0.39, 0.29) is 0 Å². The third-order valence-electron chi connectivity index (χ3n) is 3.09. The number of hydrogen-bond donors (Lipinski definition) is 0. The Balaban J connectivity index is 2.54. The Bertz CT molecular complexity index is 781. The van der Waals surface area contributed by atoms with Gasteiger partial charge in [0.15, 0.2) is 5.65 Å². The highest BCUT2D eigenvalue weighted by atomic mass is 32.2. The van der Waals surface area contributed by atoms with Crippen molar-refractivity contribution in [1.29, 1.82) is 0 Å². The highest BCUT2D eigenvalue weighted by Crippen LogP contribution is 2.27. The molecule has 0 saturated carbocycles. The van der Waals surface area contributed by atoms with Crippen molar-refractivity contribution in [3.8, 4) is 5.88 Å². The van der Waals surface area contributed by atoms with E-state index in [9.17, 15) is 0 Å². The highest BCUT2D eigenvalue weighted by molar-refractivity contribution is 7.98. The second-order valence-corrected chi connectivity index (χ2v) is 5.04. The average Bonchev–Trinajstić information content (AvgIpc) is 2.73. The number of nitrogens with zero attached hydrogens (tertiary/aromatic N) is 4. The Kier molecular flexibility index (Phi) is 2.82. The quantitative estimate of drug-likeness (QED) is 0.672. The van der Waals surface area contributed by atoms with Crippen molar-refractivity contribution < 1.29 is 4.74 Å². The molecule has 0 aliphatic carbocycles. The number of hydrogen-bond acceptors (Lipinski definition) is 5. The predicted octanol–water partition coefficient (Wildman–Crippen LogP) is 2.62. The van der Waals surface area contributed by atoms with Crippen LogP contribution in [0.5, 0.6) is 5.88 Å². The fourth-order valence-corrected chi connectivity index (χ4v) is 2.89. The van der Waals surface area contributed by atoms with Gasteiger partial charge in [0.05, 0.1) is 12.8 Å². The fourth-order valence-electron chi connectivity index (χ4n) is 2.27. The summed E-state index contributed by atoms with van der Waals surface area (Å²) < 4.78 is 7.24. The summed E-state index contributed by atoms with van der Waals surface area (Å²) in [5.41, 5.74) is 3.63. The highest BCUT2D eigenvalue weighted by Gasteiger charge is 2.15. The normalized spacial score (nSPS) is 11.4. The van der Waals surface area contributed by atoms with Crippen LogP contribution in [0.3, 0.4) is 0 Å². The number of fused-ring (bicyclic) bond motifs is 3. The van der Waals surface area contributed by atoms with Crippen LogP contribution >= 0.6 is 11.8 Å². The summed E-state index contributed by atoms with van der Waals surface area (Å²) in [5.74, 6) is 1.49. The van der Waals surface area contributed by atoms with Gasteiger partial charge in [-0.15, -0.1) is 11.8 Å². The number of imidazole rings is 1. The van der Waals surface area contributed by atoms with Crippen LogP contribution in [0, 0.1) is 13.8 Å². The minimum Gasteiger partial charge on any atom is -0.481 e. The van der Waals surface area contributed by atoms with Crippen molar-refractivity contribution in [2.75, 3.05) is 13.4 Å². The fraction of sp³-hybridized carbons (Fsp3) is 0.308. The summed E-state index contributed by atoms with van der Waals surface area (Å²) in [6.07, 6.45) is 2.02. The smallest absolute Gasteiger partial charge is 0.215 e. The van der Waals surface area contributed by atoms with E-state index in [0.29, 0.717) is 5.88 Å². The molecule has 0 fully saturated rings. The van der Waals surface area contributed by atoms with E-state index in [0.717, 1.165) is 33.2 Å². The lowest BCUT2D eigenvalue weighted by Crippen LogP contribution is -2.00. The van der Waals surface area contributed by atoms with Crippen LogP contribution in [0.25, 0.3) is 16.7 Å². The zero-order chi connectivity index (χ0) is 13.6. The standard InChI is InChI=1S/C13H14N4OS/c1-7-11-13(19-4)15-9-5-6-10(18-3)16-12(9)17(11)8(2)14-7/h5-6H,1-4H3. The van der Waals surface area contributed by atoms with E-state index in [1.54, 1.807) is 18.9 Å². The van der Waals surface area contributed by atoms with Crippen LogP contribution in [0.15, 0.2) is 17.2 Å². The molecule has 0 aromatic carbocycles. The topological polar surface area (TPSA) is 52.3 Å². The van der Waals surface area contributed by atoms with Gasteiger partial charge >= 0.3 is 0 Å². The summed E-state index contributed by atoms with van der Waals surface area (Å²) in [7, 11) is 1.61. The van der Waals surface area contributed by atoms with Gasteiger partial charge in [-0.2, -0.15) is 4.98 Å². The van der Waals surface area contributed by atoms with E-state index in [1.165, 1.54) is 0 Å². The average molecular weight is 274 g/mol. The molecule has 3 heterocycles.